The van der Waals surface area contributed by atoms with Crippen LogP contribution in [-0.2, 0) is 56.0 Å². The molecule has 1 aliphatic heterocycles. The summed E-state index contributed by atoms with van der Waals surface area (Å²) in [7, 11) is 0. The topological polar surface area (TPSA) is 385 Å². The number of amides is 9. The van der Waals surface area contributed by atoms with E-state index < -0.39 is 108 Å². The Balaban J connectivity index is 1.57. The highest BCUT2D eigenvalue weighted by Gasteiger charge is 2.37. The first-order valence-electron chi connectivity index (χ1n) is 25.2. The molecule has 2 aromatic carbocycles. The third-order valence-electron chi connectivity index (χ3n) is 12.8. The Labute approximate surface area is 434 Å². The average Bonchev–Trinajstić information content (AvgIpc) is 4.06. The van der Waals surface area contributed by atoms with Gasteiger partial charge >= 0.3 is 0 Å². The van der Waals surface area contributed by atoms with E-state index in [1.807, 2.05) is 31.2 Å². The smallest absolute Gasteiger partial charge is 0.243 e. The van der Waals surface area contributed by atoms with Crippen LogP contribution in [0.25, 0.3) is 10.9 Å². The molecule has 1 fully saturated rings. The van der Waals surface area contributed by atoms with Crippen molar-refractivity contribution in [2.45, 2.75) is 140 Å². The number of carbonyl (C=O) groups is 9. The highest BCUT2D eigenvalue weighted by Crippen LogP contribution is 2.22. The van der Waals surface area contributed by atoms with Crippen molar-refractivity contribution in [1.82, 2.24) is 57.5 Å². The normalized spacial score (nSPS) is 21.6. The van der Waals surface area contributed by atoms with Gasteiger partial charge in [-0.25, -0.2) is 4.98 Å². The molecular weight excluding hydrogens is 967 g/mol. The van der Waals surface area contributed by atoms with E-state index in [9.17, 15) is 43.2 Å². The maximum Gasteiger partial charge on any atom is 0.243 e. The number of guanidine groups is 1. The number of unbranched alkanes of at least 4 members (excludes halogenated alkanes) is 1. The molecule has 0 bridgehead atoms. The van der Waals surface area contributed by atoms with Gasteiger partial charge in [0.25, 0.3) is 0 Å². The zero-order chi connectivity index (χ0) is 54.4. The summed E-state index contributed by atoms with van der Waals surface area (Å²) in [5.74, 6) is -7.89. The van der Waals surface area contributed by atoms with Crippen molar-refractivity contribution in [1.29, 1.82) is 0 Å². The lowest BCUT2D eigenvalue weighted by atomic mass is 9.91. The first kappa shape index (κ1) is 57.6. The molecule has 24 nitrogen and oxygen atoms in total. The fourth-order valence-electron chi connectivity index (χ4n) is 8.67. The van der Waals surface area contributed by atoms with Crippen molar-refractivity contribution in [3.63, 3.8) is 0 Å². The number of aromatic nitrogens is 3. The lowest BCUT2D eigenvalue weighted by Crippen LogP contribution is -2.61. The molecule has 0 unspecified atom stereocenters. The Morgan fingerprint density at radius 1 is 0.787 bits per heavy atom. The van der Waals surface area contributed by atoms with E-state index >= 15 is 0 Å². The molecule has 1 saturated heterocycles. The molecule has 75 heavy (non-hydrogen) atoms. The average molecular weight is 1040 g/mol. The van der Waals surface area contributed by atoms with Gasteiger partial charge in [0.05, 0.1) is 12.7 Å². The molecule has 4 aromatic rings. The quantitative estimate of drug-likeness (QED) is 0.0355. The monoisotopic (exact) mass is 1040 g/mol. The molecule has 0 saturated carbocycles. The standard InChI is InChI=1S/C51H71N15O9/c1-4-5-17-37(60-30(3)67)45(70)65-41-25-42(68)56-21-12-11-19-36(44(52)69)61-47(72)39(23-32-26-58-35-18-10-9-16-34(32)35)63-46(71)38(20-13-22-57-51(53)54)62-50(75)43(29(2)31-14-7-6-8-15-31)66-49(74)40(64-48(41)73)24-33-27-55-28-59-33/h6-10,14-16,18,26-29,36-41,43,58H,4-5,11-13,17,19-25H2,1-3H3,(H2,52,69)(H,55,59)(H,56,68)(H,60,67)(H,61,72)(H,62,75)(H,63,71)(H,64,73)(H,65,70)(H,66,74)(H4,53,54,57)/t29-,36+,37+,38+,39+,40+,41+,43+/m1/s1. The largest absolute Gasteiger partial charge is 0.370 e. The van der Waals surface area contributed by atoms with Crippen molar-refractivity contribution < 1.29 is 43.2 Å². The summed E-state index contributed by atoms with van der Waals surface area (Å²) >= 11 is 0. The van der Waals surface area contributed by atoms with Gasteiger partial charge in [-0.2, -0.15) is 0 Å². The van der Waals surface area contributed by atoms with E-state index in [2.05, 4.69) is 62.5 Å². The van der Waals surface area contributed by atoms with Crippen LogP contribution in [0.2, 0.25) is 0 Å². The van der Waals surface area contributed by atoms with Gasteiger partial charge in [0, 0.05) is 67.8 Å². The van der Waals surface area contributed by atoms with Gasteiger partial charge in [0.15, 0.2) is 5.96 Å². The molecule has 1 aliphatic rings. The fraction of sp³-hybridized carbons (Fsp3) is 0.471. The predicted octanol–water partition coefficient (Wildman–Crippen LogP) is -0.687. The number of aliphatic imine (C=N–C) groups is 1. The Hall–Kier alpha value is -8.31. The van der Waals surface area contributed by atoms with Crippen LogP contribution in [0, 0.1) is 0 Å². The van der Waals surface area contributed by atoms with E-state index in [1.165, 1.54) is 19.4 Å². The molecule has 8 atom stereocenters. The number of rotatable bonds is 17. The van der Waals surface area contributed by atoms with Crippen molar-refractivity contribution >= 4 is 70.0 Å². The van der Waals surface area contributed by atoms with Crippen LogP contribution >= 0.6 is 0 Å². The summed E-state index contributed by atoms with van der Waals surface area (Å²) in [6, 6.07) is 6.67. The molecule has 404 valence electrons. The fourth-order valence-corrected chi connectivity index (χ4v) is 8.67. The summed E-state index contributed by atoms with van der Waals surface area (Å²) in [5, 5.41) is 22.5. The van der Waals surface area contributed by atoms with Crippen molar-refractivity contribution in [2.24, 2.45) is 22.2 Å². The number of fused-ring (bicyclic) bond motifs is 1. The van der Waals surface area contributed by atoms with Gasteiger partial charge in [-0.15, -0.1) is 0 Å². The third kappa shape index (κ3) is 18.0. The van der Waals surface area contributed by atoms with E-state index in [-0.39, 0.29) is 70.4 Å². The maximum absolute atomic E-state index is 14.9. The van der Waals surface area contributed by atoms with Crippen LogP contribution in [0.3, 0.4) is 0 Å². The van der Waals surface area contributed by atoms with Crippen LogP contribution in [0.1, 0.15) is 101 Å². The van der Waals surface area contributed by atoms with E-state index in [1.54, 1.807) is 43.5 Å². The predicted molar refractivity (Wildman–Crippen MR) is 278 cm³/mol. The highest BCUT2D eigenvalue weighted by molar-refractivity contribution is 5.99. The summed E-state index contributed by atoms with van der Waals surface area (Å²) in [4.78, 5) is 140. The minimum Gasteiger partial charge on any atom is -0.370 e. The van der Waals surface area contributed by atoms with Crippen molar-refractivity contribution in [2.75, 3.05) is 13.1 Å². The van der Waals surface area contributed by atoms with Crippen molar-refractivity contribution in [3.05, 3.63) is 90.1 Å². The number of hydrogen-bond acceptors (Lipinski definition) is 11. The van der Waals surface area contributed by atoms with Gasteiger partial charge < -0.3 is 69.7 Å². The summed E-state index contributed by atoms with van der Waals surface area (Å²) in [6.07, 6.45) is 5.80. The minimum atomic E-state index is -1.58. The minimum absolute atomic E-state index is 0.0390. The molecule has 9 amide bonds. The number of nitrogens with one attached hydrogen (secondary N) is 10. The molecule has 24 heteroatoms. The SMILES string of the molecule is CCCC[C@H](NC(C)=O)C(=O)N[C@H]1CC(=O)NCCCC[C@@H](C(N)=O)NC(=O)[C@H](Cc2c[nH]c3ccccc23)NC(=O)[C@H](CCCN=C(N)N)NC(=O)[C@H]([C@H](C)c2ccccc2)NC(=O)[C@H](Cc2cnc[nH]2)NC1=O. The first-order valence-corrected chi connectivity index (χ1v) is 25.2. The zero-order valence-corrected chi connectivity index (χ0v) is 42.5. The van der Waals surface area contributed by atoms with Crippen molar-refractivity contribution in [3.8, 4) is 0 Å². The molecule has 3 heterocycles. The van der Waals surface area contributed by atoms with E-state index in [0.717, 1.165) is 10.9 Å². The molecule has 2 aromatic heterocycles. The number of hydrogen-bond donors (Lipinski definition) is 13. The van der Waals surface area contributed by atoms with Gasteiger partial charge in [0.1, 0.15) is 42.3 Å². The van der Waals surface area contributed by atoms with Gasteiger partial charge in [0.2, 0.25) is 53.2 Å². The van der Waals surface area contributed by atoms with E-state index in [4.69, 9.17) is 17.2 Å². The number of nitrogens with two attached hydrogens (primary N) is 3. The second-order valence-electron chi connectivity index (χ2n) is 18.6. The number of imidazole rings is 1. The van der Waals surface area contributed by atoms with Crippen LogP contribution < -0.4 is 59.7 Å². The second kappa shape index (κ2) is 28.8. The summed E-state index contributed by atoms with van der Waals surface area (Å²) < 4.78 is 0. The molecule has 5 rings (SSSR count). The molecule has 0 aliphatic carbocycles. The molecule has 16 N–H and O–H groups in total. The number of aromatic amines is 2. The molecule has 0 radical (unpaired) electrons. The zero-order valence-electron chi connectivity index (χ0n) is 42.5. The highest BCUT2D eigenvalue weighted by atomic mass is 16.2. The van der Waals surface area contributed by atoms with E-state index in [0.29, 0.717) is 29.7 Å². The van der Waals surface area contributed by atoms with Gasteiger partial charge in [-0.1, -0.05) is 75.2 Å². The molecular formula is C51H71N15O9. The number of nitrogens with zero attached hydrogens (tertiary/aromatic N) is 2. The lowest BCUT2D eigenvalue weighted by Gasteiger charge is -2.30. The first-order chi connectivity index (χ1) is 35.9. The summed E-state index contributed by atoms with van der Waals surface area (Å²) in [5.41, 5.74) is 19.4. The van der Waals surface area contributed by atoms with Gasteiger partial charge in [-0.3, -0.25) is 48.1 Å². The Morgan fingerprint density at radius 2 is 1.47 bits per heavy atom. The second-order valence-corrected chi connectivity index (χ2v) is 18.6. The third-order valence-corrected chi connectivity index (χ3v) is 12.8. The van der Waals surface area contributed by atoms with Crippen LogP contribution in [0.15, 0.2) is 78.3 Å². The maximum atomic E-state index is 14.9. The number of benzene rings is 2. The Morgan fingerprint density at radius 3 is 2.16 bits per heavy atom. The number of H-pyrrole nitrogens is 2. The Kier molecular flexibility index (Phi) is 22.1. The van der Waals surface area contributed by atoms with Crippen LogP contribution in [-0.4, -0.2) is 129 Å². The lowest BCUT2D eigenvalue weighted by molar-refractivity contribution is -0.136. The number of carbonyl (C=O) groups excluding carboxylic acids is 9. The van der Waals surface area contributed by atoms with Crippen LogP contribution in [0.4, 0.5) is 0 Å². The van der Waals surface area contributed by atoms with Crippen LogP contribution in [0.5, 0.6) is 0 Å². The number of primary amides is 1. The number of para-hydroxylation sites is 1. The Bertz CT molecular complexity index is 2620. The van der Waals surface area contributed by atoms with Gasteiger partial charge in [-0.05, 0) is 55.7 Å². The summed E-state index contributed by atoms with van der Waals surface area (Å²) in [6.45, 7) is 4.94. The molecule has 0 spiro atoms.